The number of benzene rings is 1. The predicted octanol–water partition coefficient (Wildman–Crippen LogP) is 2.12. The Kier molecular flexibility index (Phi) is 6.54. The number of guanidine groups is 1. The van der Waals surface area contributed by atoms with E-state index in [9.17, 15) is 0 Å². The monoisotopic (exact) mass is 337 g/mol. The van der Waals surface area contributed by atoms with Crippen LogP contribution in [0.15, 0.2) is 29.3 Å². The van der Waals surface area contributed by atoms with E-state index in [4.69, 9.17) is 17.3 Å². The van der Waals surface area contributed by atoms with Crippen LogP contribution < -0.4 is 10.6 Å². The largest absolute Gasteiger partial charge is 0.370 e. The van der Waals surface area contributed by atoms with Gasteiger partial charge in [-0.2, -0.15) is 0 Å². The van der Waals surface area contributed by atoms with E-state index in [2.05, 4.69) is 52.7 Å². The Balaban J connectivity index is 1.80. The van der Waals surface area contributed by atoms with Gasteiger partial charge < -0.3 is 20.4 Å². The van der Waals surface area contributed by atoms with Crippen molar-refractivity contribution in [3.8, 4) is 0 Å². The lowest BCUT2D eigenvalue weighted by molar-refractivity contribution is 0.281. The van der Waals surface area contributed by atoms with E-state index in [0.29, 0.717) is 12.0 Å². The number of nitrogens with two attached hydrogens (primary N) is 1. The molecule has 1 aromatic carbocycles. The molecule has 1 aliphatic heterocycles. The van der Waals surface area contributed by atoms with Gasteiger partial charge in [-0.25, -0.2) is 0 Å². The highest BCUT2D eigenvalue weighted by Gasteiger charge is 2.18. The maximum Gasteiger partial charge on any atom is 0.191 e. The van der Waals surface area contributed by atoms with Crippen molar-refractivity contribution < 1.29 is 0 Å². The van der Waals surface area contributed by atoms with Crippen LogP contribution in [0.1, 0.15) is 13.8 Å². The van der Waals surface area contributed by atoms with E-state index >= 15 is 0 Å². The van der Waals surface area contributed by atoms with Crippen molar-refractivity contribution in [3.05, 3.63) is 29.3 Å². The number of piperazine rings is 1. The van der Waals surface area contributed by atoms with Gasteiger partial charge in [0.2, 0.25) is 0 Å². The highest BCUT2D eigenvalue weighted by molar-refractivity contribution is 6.30. The topological polar surface area (TPSA) is 48.1 Å². The molecule has 6 heteroatoms. The second-order valence-corrected chi connectivity index (χ2v) is 6.70. The molecule has 0 bridgehead atoms. The lowest BCUT2D eigenvalue weighted by Crippen LogP contribution is -2.51. The van der Waals surface area contributed by atoms with Gasteiger partial charge >= 0.3 is 0 Å². The smallest absolute Gasteiger partial charge is 0.191 e. The van der Waals surface area contributed by atoms with E-state index in [1.807, 2.05) is 12.1 Å². The summed E-state index contributed by atoms with van der Waals surface area (Å²) in [4.78, 5) is 11.3. The summed E-state index contributed by atoms with van der Waals surface area (Å²) in [6.07, 6.45) is 0. The quantitative estimate of drug-likeness (QED) is 0.660. The number of aliphatic imine (C=N–C) groups is 1. The number of hydrogen-bond acceptors (Lipinski definition) is 3. The maximum absolute atomic E-state index is 6.14. The fourth-order valence-corrected chi connectivity index (χ4v) is 2.65. The average molecular weight is 338 g/mol. The Morgan fingerprint density at radius 3 is 2.39 bits per heavy atom. The zero-order valence-electron chi connectivity index (χ0n) is 14.4. The molecule has 1 fully saturated rings. The van der Waals surface area contributed by atoms with E-state index in [1.54, 1.807) is 0 Å². The molecular formula is C17H28ClN5. The maximum atomic E-state index is 6.14. The summed E-state index contributed by atoms with van der Waals surface area (Å²) in [5, 5.41) is 0.773. The molecule has 0 amide bonds. The number of anilines is 1. The molecule has 0 aromatic heterocycles. The van der Waals surface area contributed by atoms with Gasteiger partial charge in [-0.15, -0.1) is 0 Å². The summed E-state index contributed by atoms with van der Waals surface area (Å²) in [5.41, 5.74) is 7.35. The summed E-state index contributed by atoms with van der Waals surface area (Å²) in [6, 6.07) is 8.54. The van der Waals surface area contributed by atoms with Gasteiger partial charge in [0.1, 0.15) is 0 Å². The van der Waals surface area contributed by atoms with Crippen LogP contribution in [-0.4, -0.2) is 68.1 Å². The molecule has 0 aliphatic carbocycles. The van der Waals surface area contributed by atoms with Crippen LogP contribution in [0.4, 0.5) is 5.69 Å². The zero-order valence-corrected chi connectivity index (χ0v) is 15.1. The summed E-state index contributed by atoms with van der Waals surface area (Å²) in [5.74, 6) is 0.665. The Hall–Kier alpha value is -1.46. The average Bonchev–Trinajstić information content (AvgIpc) is 2.55. The Morgan fingerprint density at radius 1 is 1.22 bits per heavy atom. The molecule has 23 heavy (non-hydrogen) atoms. The Labute approximate surface area is 144 Å². The van der Waals surface area contributed by atoms with E-state index in [1.165, 1.54) is 5.69 Å². The summed E-state index contributed by atoms with van der Waals surface area (Å²) < 4.78 is 0. The first kappa shape index (κ1) is 17.9. The van der Waals surface area contributed by atoms with Crippen LogP contribution in [0.3, 0.4) is 0 Å². The molecule has 0 atom stereocenters. The Morgan fingerprint density at radius 2 is 1.83 bits per heavy atom. The minimum Gasteiger partial charge on any atom is -0.370 e. The van der Waals surface area contributed by atoms with Gasteiger partial charge in [-0.3, -0.25) is 4.99 Å². The number of hydrogen-bond donors (Lipinski definition) is 1. The summed E-state index contributed by atoms with van der Waals surface area (Å²) in [7, 11) is 2.11. The van der Waals surface area contributed by atoms with Crippen molar-refractivity contribution in [3.63, 3.8) is 0 Å². The number of rotatable bonds is 5. The minimum atomic E-state index is 0.536. The number of nitrogens with zero attached hydrogens (tertiary/aromatic N) is 4. The van der Waals surface area contributed by atoms with Gasteiger partial charge in [0.05, 0.1) is 6.54 Å². The standard InChI is InChI=1S/C17H28ClN5/c1-14(2)21(3)9-8-20-17(19)23-12-10-22(11-13-23)16-6-4-15(18)5-7-16/h4-7,14H,8-13H2,1-3H3,(H2,19,20). The number of halogens is 1. The summed E-state index contributed by atoms with van der Waals surface area (Å²) >= 11 is 5.94. The molecule has 1 heterocycles. The molecule has 5 nitrogen and oxygen atoms in total. The second kappa shape index (κ2) is 8.41. The molecule has 0 radical (unpaired) electrons. The van der Waals surface area contributed by atoms with Crippen LogP contribution in [-0.2, 0) is 0 Å². The van der Waals surface area contributed by atoms with E-state index in [-0.39, 0.29) is 0 Å². The normalized spacial score (nSPS) is 16.5. The molecule has 1 aliphatic rings. The van der Waals surface area contributed by atoms with Crippen molar-refractivity contribution >= 4 is 23.2 Å². The SMILES string of the molecule is CC(C)N(C)CCN=C(N)N1CCN(c2ccc(Cl)cc2)CC1. The van der Waals surface area contributed by atoms with Gasteiger partial charge in [-0.05, 0) is 45.2 Å². The third-order valence-corrected chi connectivity index (χ3v) is 4.66. The lowest BCUT2D eigenvalue weighted by Gasteiger charge is -2.36. The first-order valence-electron chi connectivity index (χ1n) is 8.23. The third-order valence-electron chi connectivity index (χ3n) is 4.40. The summed E-state index contributed by atoms with van der Waals surface area (Å²) in [6.45, 7) is 9.75. The van der Waals surface area contributed by atoms with Crippen molar-refractivity contribution in [2.45, 2.75) is 19.9 Å². The van der Waals surface area contributed by atoms with Crippen LogP contribution in [0, 0.1) is 0 Å². The van der Waals surface area contributed by atoms with Gasteiger partial charge in [0.25, 0.3) is 0 Å². The van der Waals surface area contributed by atoms with Crippen LogP contribution in [0.25, 0.3) is 0 Å². The van der Waals surface area contributed by atoms with Gasteiger partial charge in [-0.1, -0.05) is 11.6 Å². The fourth-order valence-electron chi connectivity index (χ4n) is 2.53. The molecule has 128 valence electrons. The predicted molar refractivity (Wildman–Crippen MR) is 99.5 cm³/mol. The molecule has 0 unspecified atom stereocenters. The fraction of sp³-hybridized carbons (Fsp3) is 0.588. The Bertz CT molecular complexity index is 506. The van der Waals surface area contributed by atoms with Gasteiger partial charge in [0.15, 0.2) is 5.96 Å². The first-order chi connectivity index (χ1) is 11.0. The molecule has 0 spiro atoms. The third kappa shape index (κ3) is 5.29. The van der Waals surface area contributed by atoms with Crippen LogP contribution >= 0.6 is 11.6 Å². The van der Waals surface area contributed by atoms with Crippen molar-refractivity contribution in [1.82, 2.24) is 9.80 Å². The highest BCUT2D eigenvalue weighted by atomic mass is 35.5. The van der Waals surface area contributed by atoms with Crippen molar-refractivity contribution in [1.29, 1.82) is 0 Å². The lowest BCUT2D eigenvalue weighted by atomic mass is 10.2. The molecule has 1 saturated heterocycles. The van der Waals surface area contributed by atoms with Crippen LogP contribution in [0.5, 0.6) is 0 Å². The van der Waals surface area contributed by atoms with Crippen molar-refractivity contribution in [2.24, 2.45) is 10.7 Å². The highest BCUT2D eigenvalue weighted by Crippen LogP contribution is 2.19. The van der Waals surface area contributed by atoms with Crippen molar-refractivity contribution in [2.75, 3.05) is 51.2 Å². The van der Waals surface area contributed by atoms with Crippen LogP contribution in [0.2, 0.25) is 5.02 Å². The van der Waals surface area contributed by atoms with Gasteiger partial charge in [0, 0.05) is 49.5 Å². The first-order valence-corrected chi connectivity index (χ1v) is 8.61. The van der Waals surface area contributed by atoms with E-state index < -0.39 is 0 Å². The number of likely N-dealkylation sites (N-methyl/N-ethyl adjacent to an activating group) is 1. The molecule has 1 aromatic rings. The zero-order chi connectivity index (χ0) is 16.8. The second-order valence-electron chi connectivity index (χ2n) is 6.26. The molecule has 0 saturated carbocycles. The molecule has 2 rings (SSSR count). The van der Waals surface area contributed by atoms with E-state index in [0.717, 1.165) is 44.3 Å². The molecular weight excluding hydrogens is 310 g/mol. The molecule has 2 N–H and O–H groups in total. The minimum absolute atomic E-state index is 0.536.